The molecule has 0 aliphatic heterocycles. The summed E-state index contributed by atoms with van der Waals surface area (Å²) >= 11 is 11.9. The zero-order chi connectivity index (χ0) is 20.3. The summed E-state index contributed by atoms with van der Waals surface area (Å²) in [7, 11) is 0. The summed E-state index contributed by atoms with van der Waals surface area (Å²) in [5, 5.41) is 18.2. The monoisotopic (exact) mass is 420 g/mol. The Morgan fingerprint density at radius 1 is 1.25 bits per heavy atom. The smallest absolute Gasteiger partial charge is 0.276 e. The van der Waals surface area contributed by atoms with Crippen molar-refractivity contribution in [2.45, 2.75) is 13.7 Å². The van der Waals surface area contributed by atoms with Crippen molar-refractivity contribution < 1.29 is 14.5 Å². The molecule has 2 aromatic carbocycles. The third kappa shape index (κ3) is 4.59. The molecule has 1 aromatic heterocycles. The number of aromatic nitrogens is 2. The lowest BCUT2D eigenvalue weighted by Crippen LogP contribution is -2.15. The fourth-order valence-corrected chi connectivity index (χ4v) is 2.73. The van der Waals surface area contributed by atoms with Gasteiger partial charge in [0.15, 0.2) is 12.4 Å². The maximum absolute atomic E-state index is 12.4. The van der Waals surface area contributed by atoms with Gasteiger partial charge in [0, 0.05) is 29.0 Å². The predicted molar refractivity (Wildman–Crippen MR) is 105 cm³/mol. The van der Waals surface area contributed by atoms with Crippen LogP contribution in [-0.4, -0.2) is 20.6 Å². The van der Waals surface area contributed by atoms with E-state index in [1.54, 1.807) is 24.4 Å². The number of ether oxygens (including phenoxy) is 1. The molecular formula is C18H14Cl2N4O4. The average Bonchev–Trinajstić information content (AvgIpc) is 3.12. The number of carbonyl (C=O) groups excluding carboxylic acids is 1. The van der Waals surface area contributed by atoms with Gasteiger partial charge in [-0.1, -0.05) is 29.3 Å². The second-order valence-electron chi connectivity index (χ2n) is 5.80. The SMILES string of the molecule is Cc1ccc(Cl)cc1NC(=O)c1ccn(COc2ccc([N+](=O)[O-])cc2Cl)n1. The number of benzene rings is 2. The van der Waals surface area contributed by atoms with Gasteiger partial charge >= 0.3 is 0 Å². The summed E-state index contributed by atoms with van der Waals surface area (Å²) in [4.78, 5) is 22.5. The van der Waals surface area contributed by atoms with Crippen molar-refractivity contribution in [2.24, 2.45) is 0 Å². The van der Waals surface area contributed by atoms with E-state index < -0.39 is 10.8 Å². The number of carbonyl (C=O) groups is 1. The van der Waals surface area contributed by atoms with Crippen LogP contribution in [0.5, 0.6) is 5.75 Å². The number of nitrogens with zero attached hydrogens (tertiary/aromatic N) is 3. The van der Waals surface area contributed by atoms with E-state index in [0.717, 1.165) is 5.56 Å². The lowest BCUT2D eigenvalue weighted by atomic mass is 10.2. The van der Waals surface area contributed by atoms with E-state index in [-0.39, 0.29) is 28.9 Å². The Labute approximate surface area is 169 Å². The van der Waals surface area contributed by atoms with Gasteiger partial charge < -0.3 is 10.1 Å². The minimum Gasteiger partial charge on any atom is -0.470 e. The molecule has 0 atom stereocenters. The molecule has 0 radical (unpaired) electrons. The van der Waals surface area contributed by atoms with Crippen LogP contribution in [0.1, 0.15) is 16.1 Å². The Bertz CT molecular complexity index is 1050. The van der Waals surface area contributed by atoms with Crippen LogP contribution in [0, 0.1) is 17.0 Å². The Balaban J connectivity index is 1.65. The van der Waals surface area contributed by atoms with Crippen molar-refractivity contribution in [1.29, 1.82) is 0 Å². The topological polar surface area (TPSA) is 99.3 Å². The van der Waals surface area contributed by atoms with Crippen LogP contribution in [0.2, 0.25) is 10.0 Å². The van der Waals surface area contributed by atoms with Gasteiger partial charge in [-0.25, -0.2) is 4.68 Å². The molecule has 1 heterocycles. The molecule has 144 valence electrons. The number of aryl methyl sites for hydroxylation is 1. The van der Waals surface area contributed by atoms with Crippen LogP contribution >= 0.6 is 23.2 Å². The molecule has 0 aliphatic rings. The molecule has 0 saturated carbocycles. The molecule has 0 unspecified atom stereocenters. The fourth-order valence-electron chi connectivity index (χ4n) is 2.33. The highest BCUT2D eigenvalue weighted by molar-refractivity contribution is 6.32. The van der Waals surface area contributed by atoms with E-state index in [1.807, 2.05) is 6.92 Å². The van der Waals surface area contributed by atoms with Crippen molar-refractivity contribution in [3.63, 3.8) is 0 Å². The van der Waals surface area contributed by atoms with Gasteiger partial charge in [-0.15, -0.1) is 0 Å². The first-order valence-electron chi connectivity index (χ1n) is 8.01. The van der Waals surface area contributed by atoms with E-state index in [2.05, 4.69) is 10.4 Å². The minimum absolute atomic E-state index is 0.0268. The molecule has 28 heavy (non-hydrogen) atoms. The molecule has 0 spiro atoms. The molecular weight excluding hydrogens is 407 g/mol. The molecule has 1 amide bonds. The third-order valence-corrected chi connectivity index (χ3v) is 4.33. The van der Waals surface area contributed by atoms with E-state index in [4.69, 9.17) is 27.9 Å². The summed E-state index contributed by atoms with van der Waals surface area (Å²) in [5.41, 5.74) is 1.53. The van der Waals surface area contributed by atoms with Crippen LogP contribution in [0.4, 0.5) is 11.4 Å². The van der Waals surface area contributed by atoms with Gasteiger partial charge in [0.2, 0.25) is 0 Å². The predicted octanol–water partition coefficient (Wildman–Crippen LogP) is 4.70. The van der Waals surface area contributed by atoms with Crippen LogP contribution < -0.4 is 10.1 Å². The molecule has 3 rings (SSSR count). The number of nitro benzene ring substituents is 1. The van der Waals surface area contributed by atoms with E-state index in [9.17, 15) is 14.9 Å². The number of rotatable bonds is 6. The largest absolute Gasteiger partial charge is 0.470 e. The van der Waals surface area contributed by atoms with Crippen LogP contribution in [0.3, 0.4) is 0 Å². The van der Waals surface area contributed by atoms with Crippen molar-refractivity contribution in [3.05, 3.63) is 80.1 Å². The lowest BCUT2D eigenvalue weighted by Gasteiger charge is -2.08. The Kier molecular flexibility index (Phi) is 5.81. The second kappa shape index (κ2) is 8.28. The maximum atomic E-state index is 12.4. The summed E-state index contributed by atoms with van der Waals surface area (Å²) in [6.07, 6.45) is 1.57. The van der Waals surface area contributed by atoms with Gasteiger partial charge in [0.1, 0.15) is 5.75 Å². The molecule has 0 fully saturated rings. The second-order valence-corrected chi connectivity index (χ2v) is 6.64. The zero-order valence-corrected chi connectivity index (χ0v) is 16.1. The first kappa shape index (κ1) is 19.7. The number of anilines is 1. The normalized spacial score (nSPS) is 10.5. The minimum atomic E-state index is -0.546. The number of hydrogen-bond donors (Lipinski definition) is 1. The van der Waals surface area contributed by atoms with Crippen molar-refractivity contribution >= 4 is 40.5 Å². The summed E-state index contributed by atoms with van der Waals surface area (Å²) < 4.78 is 6.90. The van der Waals surface area contributed by atoms with Gasteiger partial charge in [0.05, 0.1) is 9.95 Å². The molecule has 0 aliphatic carbocycles. The maximum Gasteiger partial charge on any atom is 0.276 e. The first-order valence-corrected chi connectivity index (χ1v) is 8.77. The van der Waals surface area contributed by atoms with Crippen LogP contribution in [0.25, 0.3) is 0 Å². The highest BCUT2D eigenvalue weighted by Gasteiger charge is 2.13. The lowest BCUT2D eigenvalue weighted by molar-refractivity contribution is -0.384. The summed E-state index contributed by atoms with van der Waals surface area (Å²) in [6, 6.07) is 10.6. The van der Waals surface area contributed by atoms with E-state index in [1.165, 1.54) is 28.9 Å². The molecule has 3 aromatic rings. The molecule has 8 nitrogen and oxygen atoms in total. The average molecular weight is 421 g/mol. The Morgan fingerprint density at radius 2 is 2.04 bits per heavy atom. The Hall–Kier alpha value is -3.10. The van der Waals surface area contributed by atoms with Gasteiger partial charge in [-0.2, -0.15) is 5.10 Å². The van der Waals surface area contributed by atoms with Gasteiger partial charge in [-0.05, 0) is 36.8 Å². The van der Waals surface area contributed by atoms with Gasteiger partial charge in [0.25, 0.3) is 11.6 Å². The standard InChI is InChI=1S/C18H14Cl2N4O4/c1-11-2-3-12(19)8-16(11)21-18(25)15-6-7-23(22-15)10-28-17-5-4-13(24(26)27)9-14(17)20/h2-9H,10H2,1H3,(H,21,25). The number of nitro groups is 1. The molecule has 0 bridgehead atoms. The molecule has 0 saturated heterocycles. The third-order valence-electron chi connectivity index (χ3n) is 3.80. The highest BCUT2D eigenvalue weighted by atomic mass is 35.5. The van der Waals surface area contributed by atoms with E-state index in [0.29, 0.717) is 10.7 Å². The zero-order valence-electron chi connectivity index (χ0n) is 14.6. The quantitative estimate of drug-likeness (QED) is 0.460. The molecule has 1 N–H and O–H groups in total. The fraction of sp³-hybridized carbons (Fsp3) is 0.111. The van der Waals surface area contributed by atoms with Crippen molar-refractivity contribution in [2.75, 3.05) is 5.32 Å². The number of amides is 1. The summed E-state index contributed by atoms with van der Waals surface area (Å²) in [6.45, 7) is 1.83. The summed E-state index contributed by atoms with van der Waals surface area (Å²) in [5.74, 6) is -0.124. The molecule has 10 heteroatoms. The number of nitrogens with one attached hydrogen (secondary N) is 1. The number of halogens is 2. The van der Waals surface area contributed by atoms with Crippen molar-refractivity contribution in [1.82, 2.24) is 9.78 Å². The number of non-ortho nitro benzene ring substituents is 1. The highest BCUT2D eigenvalue weighted by Crippen LogP contribution is 2.28. The van der Waals surface area contributed by atoms with Crippen LogP contribution in [0.15, 0.2) is 48.7 Å². The van der Waals surface area contributed by atoms with E-state index >= 15 is 0 Å². The van der Waals surface area contributed by atoms with Crippen molar-refractivity contribution in [3.8, 4) is 5.75 Å². The van der Waals surface area contributed by atoms with Gasteiger partial charge in [-0.3, -0.25) is 14.9 Å². The Morgan fingerprint density at radius 3 is 2.75 bits per heavy atom. The first-order chi connectivity index (χ1) is 13.3. The van der Waals surface area contributed by atoms with Crippen LogP contribution in [-0.2, 0) is 6.73 Å². The number of hydrogen-bond acceptors (Lipinski definition) is 5.